The van der Waals surface area contributed by atoms with Gasteiger partial charge in [0.05, 0.1) is 24.9 Å². The van der Waals surface area contributed by atoms with Crippen LogP contribution in [-0.2, 0) is 14.2 Å². The van der Waals surface area contributed by atoms with Crippen LogP contribution in [0.1, 0.15) is 20.8 Å². The zero-order valence-electron chi connectivity index (χ0n) is 18.1. The summed E-state index contributed by atoms with van der Waals surface area (Å²) in [6.45, 7) is 7.84. The highest BCUT2D eigenvalue weighted by Gasteiger charge is 2.33. The summed E-state index contributed by atoms with van der Waals surface area (Å²) in [6.07, 6.45) is -0.972. The average molecular weight is 441 g/mol. The summed E-state index contributed by atoms with van der Waals surface area (Å²) in [5.41, 5.74) is -0.318. The van der Waals surface area contributed by atoms with E-state index in [0.29, 0.717) is 45.0 Å². The van der Waals surface area contributed by atoms with E-state index in [-0.39, 0.29) is 13.2 Å². The SMILES string of the molecule is CC(C)(C)OC(=O)N1CCOCC1COC(=O)N1CCN(c2ccc(F)cc2F)CC1. The van der Waals surface area contributed by atoms with E-state index < -0.39 is 35.5 Å². The number of hydrogen-bond donors (Lipinski definition) is 0. The van der Waals surface area contributed by atoms with Crippen molar-refractivity contribution in [2.45, 2.75) is 32.4 Å². The number of anilines is 1. The van der Waals surface area contributed by atoms with Crippen molar-refractivity contribution in [2.75, 3.05) is 57.4 Å². The number of rotatable bonds is 3. The summed E-state index contributed by atoms with van der Waals surface area (Å²) >= 11 is 0. The van der Waals surface area contributed by atoms with E-state index in [1.165, 1.54) is 21.9 Å². The van der Waals surface area contributed by atoms with Crippen molar-refractivity contribution < 1.29 is 32.6 Å². The van der Waals surface area contributed by atoms with Crippen LogP contribution in [0.3, 0.4) is 0 Å². The number of piperazine rings is 1. The Bertz CT molecular complexity index is 794. The fourth-order valence-corrected chi connectivity index (χ4v) is 3.48. The highest BCUT2D eigenvalue weighted by atomic mass is 19.1. The number of halogens is 2. The monoisotopic (exact) mass is 441 g/mol. The minimum absolute atomic E-state index is 0.00905. The molecule has 0 bridgehead atoms. The molecular formula is C21H29F2N3O5. The minimum atomic E-state index is -0.629. The molecule has 2 aliphatic rings. The topological polar surface area (TPSA) is 71.5 Å². The van der Waals surface area contributed by atoms with Crippen molar-refractivity contribution in [2.24, 2.45) is 0 Å². The minimum Gasteiger partial charge on any atom is -0.447 e. The van der Waals surface area contributed by atoms with Gasteiger partial charge in [-0.3, -0.25) is 4.90 Å². The van der Waals surface area contributed by atoms with Gasteiger partial charge in [-0.25, -0.2) is 18.4 Å². The molecule has 2 fully saturated rings. The molecule has 0 spiro atoms. The normalized spacial score (nSPS) is 19.9. The summed E-state index contributed by atoms with van der Waals surface area (Å²) in [5.74, 6) is -1.26. The molecule has 0 aromatic heterocycles. The Morgan fingerprint density at radius 3 is 2.45 bits per heavy atom. The third kappa shape index (κ3) is 6.19. The van der Waals surface area contributed by atoms with Crippen molar-refractivity contribution in [3.8, 4) is 0 Å². The molecule has 1 aromatic rings. The second-order valence-corrected chi connectivity index (χ2v) is 8.55. The van der Waals surface area contributed by atoms with Gasteiger partial charge in [-0.2, -0.15) is 0 Å². The Morgan fingerprint density at radius 1 is 1.10 bits per heavy atom. The number of carbonyl (C=O) groups is 2. The number of ether oxygens (including phenoxy) is 3. The molecule has 0 aliphatic carbocycles. The molecule has 8 nitrogen and oxygen atoms in total. The predicted octanol–water partition coefficient (Wildman–Crippen LogP) is 2.86. The van der Waals surface area contributed by atoms with Gasteiger partial charge in [-0.05, 0) is 32.9 Å². The largest absolute Gasteiger partial charge is 0.447 e. The number of morpholine rings is 1. The first-order valence-electron chi connectivity index (χ1n) is 10.3. The van der Waals surface area contributed by atoms with Crippen molar-refractivity contribution in [3.63, 3.8) is 0 Å². The third-order valence-corrected chi connectivity index (χ3v) is 5.04. The van der Waals surface area contributed by atoms with Crippen LogP contribution in [0.2, 0.25) is 0 Å². The Balaban J connectivity index is 1.49. The smallest absolute Gasteiger partial charge is 0.410 e. The van der Waals surface area contributed by atoms with Gasteiger partial charge >= 0.3 is 12.2 Å². The van der Waals surface area contributed by atoms with Crippen LogP contribution in [0.15, 0.2) is 18.2 Å². The van der Waals surface area contributed by atoms with Crippen LogP contribution in [-0.4, -0.2) is 86.2 Å². The fourth-order valence-electron chi connectivity index (χ4n) is 3.48. The number of benzene rings is 1. The molecule has 10 heteroatoms. The molecule has 31 heavy (non-hydrogen) atoms. The maximum Gasteiger partial charge on any atom is 0.410 e. The molecule has 2 heterocycles. The van der Waals surface area contributed by atoms with Gasteiger partial charge in [0.25, 0.3) is 0 Å². The van der Waals surface area contributed by atoms with Gasteiger partial charge in [0.15, 0.2) is 0 Å². The first-order valence-corrected chi connectivity index (χ1v) is 10.3. The molecule has 1 unspecified atom stereocenters. The number of carbonyl (C=O) groups excluding carboxylic acids is 2. The van der Waals surface area contributed by atoms with Gasteiger partial charge in [0.1, 0.15) is 23.8 Å². The Kier molecular flexibility index (Phi) is 7.19. The average Bonchev–Trinajstić information content (AvgIpc) is 2.71. The van der Waals surface area contributed by atoms with E-state index in [2.05, 4.69) is 0 Å². The summed E-state index contributed by atoms with van der Waals surface area (Å²) in [5, 5.41) is 0. The van der Waals surface area contributed by atoms with Gasteiger partial charge in [-0.1, -0.05) is 0 Å². The number of amides is 2. The lowest BCUT2D eigenvalue weighted by atomic mass is 10.2. The van der Waals surface area contributed by atoms with Crippen molar-refractivity contribution in [1.82, 2.24) is 9.80 Å². The van der Waals surface area contributed by atoms with E-state index >= 15 is 0 Å². The molecule has 0 N–H and O–H groups in total. The molecule has 2 amide bonds. The predicted molar refractivity (Wildman–Crippen MR) is 109 cm³/mol. The molecule has 0 radical (unpaired) electrons. The van der Waals surface area contributed by atoms with Crippen LogP contribution in [0, 0.1) is 11.6 Å². The van der Waals surface area contributed by atoms with Crippen molar-refractivity contribution in [3.05, 3.63) is 29.8 Å². The maximum absolute atomic E-state index is 14.0. The summed E-state index contributed by atoms with van der Waals surface area (Å²) in [4.78, 5) is 29.7. The third-order valence-electron chi connectivity index (χ3n) is 5.04. The van der Waals surface area contributed by atoms with E-state index in [4.69, 9.17) is 14.2 Å². The van der Waals surface area contributed by atoms with E-state index in [9.17, 15) is 18.4 Å². The molecule has 0 saturated carbocycles. The Morgan fingerprint density at radius 2 is 1.81 bits per heavy atom. The summed E-state index contributed by atoms with van der Waals surface area (Å²) in [7, 11) is 0. The van der Waals surface area contributed by atoms with Crippen LogP contribution in [0.5, 0.6) is 0 Å². The summed E-state index contributed by atoms with van der Waals surface area (Å²) < 4.78 is 43.4. The zero-order valence-corrected chi connectivity index (χ0v) is 18.1. The van der Waals surface area contributed by atoms with Gasteiger partial charge in [-0.15, -0.1) is 0 Å². The molecule has 172 valence electrons. The Labute approximate surface area is 180 Å². The van der Waals surface area contributed by atoms with Crippen LogP contribution in [0.4, 0.5) is 24.1 Å². The molecular weight excluding hydrogens is 412 g/mol. The van der Waals surface area contributed by atoms with E-state index in [1.807, 2.05) is 0 Å². The van der Waals surface area contributed by atoms with Crippen LogP contribution < -0.4 is 4.90 Å². The molecule has 3 rings (SSSR count). The van der Waals surface area contributed by atoms with E-state index in [0.717, 1.165) is 6.07 Å². The standard InChI is InChI=1S/C21H29F2N3O5/c1-21(2,3)31-20(28)26-10-11-29-13-16(26)14-30-19(27)25-8-6-24(7-9-25)18-5-4-15(22)12-17(18)23/h4-5,12,16H,6-11,13-14H2,1-3H3. The molecule has 2 saturated heterocycles. The van der Waals surface area contributed by atoms with E-state index in [1.54, 1.807) is 25.7 Å². The van der Waals surface area contributed by atoms with Crippen LogP contribution in [0.25, 0.3) is 0 Å². The first kappa shape index (κ1) is 23.1. The van der Waals surface area contributed by atoms with Crippen molar-refractivity contribution >= 4 is 17.9 Å². The van der Waals surface area contributed by atoms with Gasteiger partial charge in [0.2, 0.25) is 0 Å². The van der Waals surface area contributed by atoms with Gasteiger partial charge < -0.3 is 24.0 Å². The lowest BCUT2D eigenvalue weighted by molar-refractivity contribution is -0.0483. The van der Waals surface area contributed by atoms with Crippen molar-refractivity contribution in [1.29, 1.82) is 0 Å². The molecule has 1 aromatic carbocycles. The molecule has 1 atom stereocenters. The quantitative estimate of drug-likeness (QED) is 0.719. The fraction of sp³-hybridized carbons (Fsp3) is 0.619. The lowest BCUT2D eigenvalue weighted by Crippen LogP contribution is -2.53. The highest BCUT2D eigenvalue weighted by Crippen LogP contribution is 2.22. The van der Waals surface area contributed by atoms with Gasteiger partial charge in [0, 0.05) is 38.8 Å². The zero-order chi connectivity index (χ0) is 22.6. The second-order valence-electron chi connectivity index (χ2n) is 8.55. The molecule has 2 aliphatic heterocycles. The highest BCUT2D eigenvalue weighted by molar-refractivity contribution is 5.70. The maximum atomic E-state index is 14.0. The number of hydrogen-bond acceptors (Lipinski definition) is 6. The number of nitrogens with zero attached hydrogens (tertiary/aromatic N) is 3. The lowest BCUT2D eigenvalue weighted by Gasteiger charge is -2.38. The second kappa shape index (κ2) is 9.67. The summed E-state index contributed by atoms with van der Waals surface area (Å²) in [6, 6.07) is 3.02. The first-order chi connectivity index (χ1) is 14.6. The Hall–Kier alpha value is -2.62. The van der Waals surface area contributed by atoms with Crippen LogP contribution >= 0.6 is 0 Å².